The molecule has 0 spiro atoms. The average molecular weight is 272 g/mol. The highest BCUT2D eigenvalue weighted by Gasteiger charge is 2.04. The summed E-state index contributed by atoms with van der Waals surface area (Å²) in [4.78, 5) is 7.82. The van der Waals surface area contributed by atoms with Gasteiger partial charge in [0.1, 0.15) is 0 Å². The molecule has 1 aromatic heterocycles. The zero-order valence-electron chi connectivity index (χ0n) is 11.0. The van der Waals surface area contributed by atoms with Gasteiger partial charge in [0.25, 0.3) is 0 Å². The molecular formula is C12H21FN4S. The molecule has 1 aromatic rings. The molecule has 0 saturated heterocycles. The fourth-order valence-corrected chi connectivity index (χ4v) is 2.04. The molecule has 0 radical (unpaired) electrons. The molecule has 0 atom stereocenters. The lowest BCUT2D eigenvalue weighted by Gasteiger charge is -2.07. The van der Waals surface area contributed by atoms with Gasteiger partial charge in [-0.2, -0.15) is 16.7 Å². The van der Waals surface area contributed by atoms with Crippen molar-refractivity contribution in [2.24, 2.45) is 0 Å². The van der Waals surface area contributed by atoms with Crippen LogP contribution in [0.15, 0.2) is 6.20 Å². The number of hydrogen-bond donors (Lipinski definition) is 2. The summed E-state index contributed by atoms with van der Waals surface area (Å²) in [6.45, 7) is 0.746. The quantitative estimate of drug-likeness (QED) is 0.677. The first-order valence-corrected chi connectivity index (χ1v) is 7.60. The Morgan fingerprint density at radius 3 is 2.78 bits per heavy atom. The lowest BCUT2D eigenvalue weighted by Crippen LogP contribution is -2.08. The maximum absolute atomic E-state index is 13.4. The molecule has 2 N–H and O–H groups in total. The van der Waals surface area contributed by atoms with Crippen LogP contribution in [-0.2, 0) is 0 Å². The molecule has 0 aliphatic rings. The Balaban J connectivity index is 2.22. The number of nitrogens with zero attached hydrogens (tertiary/aromatic N) is 2. The molecule has 1 heterocycles. The van der Waals surface area contributed by atoms with E-state index in [0.717, 1.165) is 13.0 Å². The Morgan fingerprint density at radius 2 is 2.06 bits per heavy atom. The van der Waals surface area contributed by atoms with Gasteiger partial charge in [0.05, 0.1) is 6.20 Å². The standard InChI is InChI=1S/C12H21FN4S/c1-14-12-16-9-10(13)11(17-12)15-7-5-3-4-6-8-18-2/h9H,3-8H2,1-2H3,(H2,14,15,16,17). The van der Waals surface area contributed by atoms with Crippen molar-refractivity contribution in [2.45, 2.75) is 25.7 Å². The molecule has 0 aliphatic carbocycles. The van der Waals surface area contributed by atoms with E-state index in [1.165, 1.54) is 31.2 Å². The Bertz CT molecular complexity index is 349. The van der Waals surface area contributed by atoms with Crippen molar-refractivity contribution in [1.82, 2.24) is 9.97 Å². The van der Waals surface area contributed by atoms with Crippen LogP contribution in [0.3, 0.4) is 0 Å². The molecule has 0 amide bonds. The van der Waals surface area contributed by atoms with Gasteiger partial charge in [0.15, 0.2) is 11.6 Å². The van der Waals surface area contributed by atoms with E-state index >= 15 is 0 Å². The minimum atomic E-state index is -0.406. The summed E-state index contributed by atoms with van der Waals surface area (Å²) in [6.07, 6.45) is 7.99. The van der Waals surface area contributed by atoms with Crippen LogP contribution in [0.5, 0.6) is 0 Å². The van der Waals surface area contributed by atoms with Crippen LogP contribution in [0.4, 0.5) is 16.2 Å². The van der Waals surface area contributed by atoms with Crippen molar-refractivity contribution in [3.05, 3.63) is 12.0 Å². The second-order valence-electron chi connectivity index (χ2n) is 3.97. The van der Waals surface area contributed by atoms with Gasteiger partial charge in [-0.15, -0.1) is 0 Å². The van der Waals surface area contributed by atoms with E-state index in [2.05, 4.69) is 26.9 Å². The second-order valence-corrected chi connectivity index (χ2v) is 4.96. The van der Waals surface area contributed by atoms with E-state index in [1.54, 1.807) is 7.05 Å². The molecule has 4 nitrogen and oxygen atoms in total. The van der Waals surface area contributed by atoms with Gasteiger partial charge < -0.3 is 10.6 Å². The predicted octanol–water partition coefficient (Wildman–Crippen LogP) is 2.99. The number of halogens is 1. The van der Waals surface area contributed by atoms with Crippen LogP contribution in [0, 0.1) is 5.82 Å². The minimum Gasteiger partial charge on any atom is -0.367 e. The number of nitrogens with one attached hydrogen (secondary N) is 2. The van der Waals surface area contributed by atoms with Gasteiger partial charge in [0.2, 0.25) is 5.95 Å². The van der Waals surface area contributed by atoms with E-state index in [1.807, 2.05) is 11.8 Å². The predicted molar refractivity (Wildman–Crippen MR) is 76.9 cm³/mol. The molecule has 0 bridgehead atoms. The van der Waals surface area contributed by atoms with E-state index in [4.69, 9.17) is 0 Å². The molecule has 1 rings (SSSR count). The number of anilines is 2. The van der Waals surface area contributed by atoms with Crippen LogP contribution in [0.25, 0.3) is 0 Å². The number of hydrogen-bond acceptors (Lipinski definition) is 5. The van der Waals surface area contributed by atoms with Crippen LogP contribution in [-0.4, -0.2) is 35.6 Å². The molecule has 18 heavy (non-hydrogen) atoms. The summed E-state index contributed by atoms with van der Waals surface area (Å²) in [5.41, 5.74) is 0. The molecule has 0 aromatic carbocycles. The summed E-state index contributed by atoms with van der Waals surface area (Å²) in [6, 6.07) is 0. The minimum absolute atomic E-state index is 0.276. The van der Waals surface area contributed by atoms with Gasteiger partial charge in [0, 0.05) is 13.6 Å². The molecule has 0 aliphatic heterocycles. The molecule has 0 fully saturated rings. The fraction of sp³-hybridized carbons (Fsp3) is 0.667. The third-order valence-corrected chi connectivity index (χ3v) is 3.23. The largest absolute Gasteiger partial charge is 0.367 e. The normalized spacial score (nSPS) is 10.4. The van der Waals surface area contributed by atoms with Crippen molar-refractivity contribution in [3.63, 3.8) is 0 Å². The van der Waals surface area contributed by atoms with Crippen LogP contribution >= 0.6 is 11.8 Å². The highest BCUT2D eigenvalue weighted by atomic mass is 32.2. The third kappa shape index (κ3) is 5.53. The van der Waals surface area contributed by atoms with Gasteiger partial charge in [-0.1, -0.05) is 12.8 Å². The third-order valence-electron chi connectivity index (χ3n) is 2.54. The molecule has 0 saturated carbocycles. The zero-order chi connectivity index (χ0) is 13.2. The summed E-state index contributed by atoms with van der Waals surface area (Å²) in [5, 5.41) is 5.80. The Morgan fingerprint density at radius 1 is 1.28 bits per heavy atom. The number of rotatable bonds is 9. The van der Waals surface area contributed by atoms with Crippen molar-refractivity contribution in [1.29, 1.82) is 0 Å². The van der Waals surface area contributed by atoms with E-state index in [9.17, 15) is 4.39 Å². The van der Waals surface area contributed by atoms with Gasteiger partial charge in [-0.05, 0) is 24.9 Å². The van der Waals surface area contributed by atoms with E-state index in [-0.39, 0.29) is 5.82 Å². The van der Waals surface area contributed by atoms with Crippen LogP contribution < -0.4 is 10.6 Å². The summed E-state index contributed by atoms with van der Waals surface area (Å²) in [5.74, 6) is 1.52. The first-order chi connectivity index (χ1) is 8.77. The second kappa shape index (κ2) is 8.97. The number of thioether (sulfide) groups is 1. The maximum Gasteiger partial charge on any atom is 0.224 e. The monoisotopic (exact) mass is 272 g/mol. The number of unbranched alkanes of at least 4 members (excludes halogenated alkanes) is 3. The number of aromatic nitrogens is 2. The topological polar surface area (TPSA) is 49.8 Å². The van der Waals surface area contributed by atoms with Crippen LogP contribution in [0.2, 0.25) is 0 Å². The summed E-state index contributed by atoms with van der Waals surface area (Å²) >= 11 is 1.88. The SMILES string of the molecule is CNc1ncc(F)c(NCCCCCCSC)n1. The van der Waals surface area contributed by atoms with Gasteiger partial charge in [-0.3, -0.25) is 0 Å². The molecule has 102 valence electrons. The first kappa shape index (κ1) is 15.0. The van der Waals surface area contributed by atoms with E-state index < -0.39 is 5.82 Å². The van der Waals surface area contributed by atoms with E-state index in [0.29, 0.717) is 5.95 Å². The van der Waals surface area contributed by atoms with Crippen molar-refractivity contribution < 1.29 is 4.39 Å². The Kier molecular flexibility index (Phi) is 7.48. The lowest BCUT2D eigenvalue weighted by atomic mass is 10.2. The first-order valence-electron chi connectivity index (χ1n) is 6.21. The Hall–Kier alpha value is -1.04. The summed E-state index contributed by atoms with van der Waals surface area (Å²) < 4.78 is 13.4. The Labute approximate surface area is 112 Å². The van der Waals surface area contributed by atoms with Crippen LogP contribution in [0.1, 0.15) is 25.7 Å². The fourth-order valence-electron chi connectivity index (χ4n) is 1.54. The molecular weight excluding hydrogens is 251 g/mol. The molecule has 6 heteroatoms. The van der Waals surface area contributed by atoms with Crippen molar-refractivity contribution in [2.75, 3.05) is 36.2 Å². The van der Waals surface area contributed by atoms with Crippen molar-refractivity contribution in [3.8, 4) is 0 Å². The van der Waals surface area contributed by atoms with Crippen molar-refractivity contribution >= 4 is 23.5 Å². The smallest absolute Gasteiger partial charge is 0.224 e. The molecule has 0 unspecified atom stereocenters. The highest BCUT2D eigenvalue weighted by molar-refractivity contribution is 7.98. The zero-order valence-corrected chi connectivity index (χ0v) is 11.8. The highest BCUT2D eigenvalue weighted by Crippen LogP contribution is 2.12. The average Bonchev–Trinajstić information content (AvgIpc) is 2.39. The lowest BCUT2D eigenvalue weighted by molar-refractivity contribution is 0.615. The summed E-state index contributed by atoms with van der Waals surface area (Å²) in [7, 11) is 1.71. The van der Waals surface area contributed by atoms with Gasteiger partial charge in [-0.25, -0.2) is 9.37 Å². The van der Waals surface area contributed by atoms with Gasteiger partial charge >= 0.3 is 0 Å². The maximum atomic E-state index is 13.4.